The first-order valence-electron chi connectivity index (χ1n) is 18.8. The van der Waals surface area contributed by atoms with E-state index in [9.17, 15) is 9.59 Å². The maximum absolute atomic E-state index is 14.2. The third-order valence-corrected chi connectivity index (χ3v) is 21.5. The van der Waals surface area contributed by atoms with Crippen LogP contribution in [0.2, 0.25) is 36.3 Å². The molecule has 3 aromatic rings. The zero-order chi connectivity index (χ0) is 36.7. The number of amides is 3. The van der Waals surface area contributed by atoms with Crippen molar-refractivity contribution in [2.24, 2.45) is 0 Å². The molecule has 0 spiro atoms. The lowest BCUT2D eigenvalue weighted by Crippen LogP contribution is -2.52. The lowest BCUT2D eigenvalue weighted by Gasteiger charge is -2.39. The molecule has 3 fully saturated rings. The first-order valence-corrected chi connectivity index (χ1v) is 23.9. The number of hydrogen-bond acceptors (Lipinski definition) is 10. The van der Waals surface area contributed by atoms with E-state index >= 15 is 0 Å². The zero-order valence-corrected chi connectivity index (χ0v) is 33.5. The number of aromatic nitrogens is 4. The fourth-order valence-electron chi connectivity index (χ4n) is 8.18. The summed E-state index contributed by atoms with van der Waals surface area (Å²) in [6.45, 7) is 16.4. The van der Waals surface area contributed by atoms with Crippen molar-refractivity contribution in [1.82, 2.24) is 34.2 Å². The van der Waals surface area contributed by atoms with Crippen molar-refractivity contribution in [2.45, 2.75) is 127 Å². The molecule has 0 saturated carbocycles. The Hall–Kier alpha value is -3.22. The second-order valence-corrected chi connectivity index (χ2v) is 23.9. The predicted octanol–water partition coefficient (Wildman–Crippen LogP) is 5.79. The van der Waals surface area contributed by atoms with Crippen LogP contribution in [0.4, 0.5) is 10.6 Å². The number of urea groups is 1. The van der Waals surface area contributed by atoms with E-state index in [1.54, 1.807) is 18.3 Å². The van der Waals surface area contributed by atoms with Crippen LogP contribution < -0.4 is 5.73 Å². The number of nitrogen functional groups attached to an aromatic ring is 1. The van der Waals surface area contributed by atoms with E-state index in [0.717, 1.165) is 41.8 Å². The van der Waals surface area contributed by atoms with Crippen LogP contribution in [0, 0.1) is 0 Å². The molecule has 3 aliphatic heterocycles. The van der Waals surface area contributed by atoms with Gasteiger partial charge in [-0.1, -0.05) is 71.9 Å². The minimum absolute atomic E-state index is 0.149. The Kier molecular flexibility index (Phi) is 11.1. The molecule has 3 unspecified atom stereocenters. The van der Waals surface area contributed by atoms with Gasteiger partial charge < -0.3 is 24.2 Å². The van der Waals surface area contributed by atoms with Crippen LogP contribution in [0.5, 0.6) is 0 Å². The van der Waals surface area contributed by atoms with Crippen molar-refractivity contribution < 1.29 is 23.2 Å². The average molecular weight is 737 g/mol. The molecular formula is C36H56N8O5Si2. The number of anilines is 1. The molecule has 51 heavy (non-hydrogen) atoms. The maximum Gasteiger partial charge on any atom is 0.327 e. The molecule has 0 radical (unpaired) electrons. The van der Waals surface area contributed by atoms with Gasteiger partial charge in [-0.25, -0.2) is 19.7 Å². The van der Waals surface area contributed by atoms with Crippen molar-refractivity contribution in [3.8, 4) is 0 Å². The second kappa shape index (κ2) is 15.0. The van der Waals surface area contributed by atoms with E-state index in [2.05, 4.69) is 61.4 Å². The number of rotatable bonds is 15. The molecule has 0 aliphatic carbocycles. The molecule has 278 valence electrons. The molecule has 1 aromatic carbocycles. The lowest BCUT2D eigenvalue weighted by atomic mass is 10.00. The molecule has 0 bridgehead atoms. The molecule has 3 aliphatic rings. The molecule has 2 N–H and O–H groups in total. The van der Waals surface area contributed by atoms with Gasteiger partial charge in [0.25, 0.3) is 0 Å². The minimum Gasteiger partial charge on any atom is -0.408 e. The Labute approximate surface area is 304 Å². The lowest BCUT2D eigenvalue weighted by molar-refractivity contribution is -0.129. The Morgan fingerprint density at radius 2 is 1.53 bits per heavy atom. The number of fused-ring (bicyclic) bond motifs is 1. The highest BCUT2D eigenvalue weighted by molar-refractivity contribution is 6.74. The van der Waals surface area contributed by atoms with E-state index in [-0.39, 0.29) is 30.1 Å². The summed E-state index contributed by atoms with van der Waals surface area (Å²) < 4.78 is 23.8. The van der Waals surface area contributed by atoms with E-state index in [0.29, 0.717) is 30.1 Å². The van der Waals surface area contributed by atoms with Crippen LogP contribution in [-0.4, -0.2) is 113 Å². The van der Waals surface area contributed by atoms with Gasteiger partial charge in [0.2, 0.25) is 5.91 Å². The summed E-state index contributed by atoms with van der Waals surface area (Å²) >= 11 is 0. The first kappa shape index (κ1) is 37.5. The smallest absolute Gasteiger partial charge is 0.327 e. The highest BCUT2D eigenvalue weighted by atomic mass is 28.4. The van der Waals surface area contributed by atoms with Crippen LogP contribution in [0.15, 0.2) is 43.0 Å². The van der Waals surface area contributed by atoms with Crippen LogP contribution in [0.1, 0.15) is 66.3 Å². The van der Waals surface area contributed by atoms with E-state index in [1.165, 1.54) is 11.2 Å². The average Bonchev–Trinajstić information content (AvgIpc) is 3.58. The summed E-state index contributed by atoms with van der Waals surface area (Å²) in [5.74, 6) is 0.134. The molecule has 6 rings (SSSR count). The molecule has 3 saturated heterocycles. The van der Waals surface area contributed by atoms with Gasteiger partial charge in [-0.2, -0.15) is 0 Å². The van der Waals surface area contributed by atoms with Crippen LogP contribution in [-0.2, 0) is 18.4 Å². The van der Waals surface area contributed by atoms with Gasteiger partial charge in [-0.15, -0.1) is 0 Å². The van der Waals surface area contributed by atoms with Crippen molar-refractivity contribution in [3.63, 3.8) is 0 Å². The third kappa shape index (κ3) is 6.76. The van der Waals surface area contributed by atoms with Gasteiger partial charge in [-0.05, 0) is 48.8 Å². The number of hydrogen-bond donors (Lipinski definition) is 1. The summed E-state index contributed by atoms with van der Waals surface area (Å²) in [7, 11) is -2.58. The number of likely N-dealkylation sites (N-methyl/N-ethyl adjacent to an activating group) is 1. The number of nitrogens with two attached hydrogens (primary N) is 1. The molecule has 13 nitrogen and oxygen atoms in total. The van der Waals surface area contributed by atoms with Gasteiger partial charge in [0.15, 0.2) is 34.3 Å². The van der Waals surface area contributed by atoms with Crippen molar-refractivity contribution in [1.29, 1.82) is 0 Å². The molecule has 5 heterocycles. The first-order chi connectivity index (χ1) is 24.5. The molecule has 2 aromatic heterocycles. The summed E-state index contributed by atoms with van der Waals surface area (Å²) in [6, 6.07) is 14.5. The number of benzene rings is 1. The summed E-state index contributed by atoms with van der Waals surface area (Å²) in [5, 5.41) is 0. The Morgan fingerprint density at radius 1 is 0.922 bits per heavy atom. The van der Waals surface area contributed by atoms with Crippen molar-refractivity contribution >= 4 is 45.6 Å². The van der Waals surface area contributed by atoms with Gasteiger partial charge in [0.1, 0.15) is 36.2 Å². The van der Waals surface area contributed by atoms with Gasteiger partial charge >= 0.3 is 6.03 Å². The predicted molar refractivity (Wildman–Crippen MR) is 202 cm³/mol. The quantitative estimate of drug-likeness (QED) is 0.151. The highest BCUT2D eigenvalue weighted by Gasteiger charge is 2.57. The van der Waals surface area contributed by atoms with Gasteiger partial charge in [0, 0.05) is 20.1 Å². The monoisotopic (exact) mass is 736 g/mol. The minimum atomic E-state index is -2.18. The van der Waals surface area contributed by atoms with E-state index in [4.69, 9.17) is 19.3 Å². The normalized spacial score (nSPS) is 28.3. The van der Waals surface area contributed by atoms with Gasteiger partial charge in [0.05, 0.1) is 18.4 Å². The summed E-state index contributed by atoms with van der Waals surface area (Å²) in [5.41, 5.74) is 8.27. The number of imidazole rings is 1. The van der Waals surface area contributed by atoms with Crippen molar-refractivity contribution in [3.05, 3.63) is 48.5 Å². The standard InChI is InChI=1S/C36H56N8O5Si2/c1-9-50(10-2,11-3)48-30-27(21-42-20-26(42)34(45)44-29(24(7)41(8)36(44)46)25-18-16-15-17-19-25)47-35(31(30)49-51(12-4,13-5)14-6)43-23-40-28-32(37)38-22-39-33(28)43/h15-19,22-24,26-27,29-31,35H,9-14,20-21H2,1-8H3,(H2,37,38,39)/t24-,26?,27-,29-,30+,31?,35-,42?/m1/s1. The number of carbonyl (C=O) groups excluding carboxylic acids is 2. The highest BCUT2D eigenvalue weighted by Crippen LogP contribution is 2.43. The Bertz CT molecular complexity index is 1670. The van der Waals surface area contributed by atoms with E-state index < -0.39 is 41.1 Å². The maximum atomic E-state index is 14.2. The third-order valence-electron chi connectivity index (χ3n) is 12.2. The van der Waals surface area contributed by atoms with Crippen LogP contribution in [0.3, 0.4) is 0 Å². The number of carbonyl (C=O) groups is 2. The number of ether oxygens (including phenoxy) is 1. The topological polar surface area (TPSA) is 141 Å². The second-order valence-electron chi connectivity index (χ2n) is 14.5. The summed E-state index contributed by atoms with van der Waals surface area (Å²) in [6.07, 6.45) is 1.41. The number of nitrogens with zero attached hydrogens (tertiary/aromatic N) is 7. The van der Waals surface area contributed by atoms with Gasteiger partial charge in [-0.3, -0.25) is 19.2 Å². The number of imide groups is 1. The Balaban J connectivity index is 1.34. The van der Waals surface area contributed by atoms with Crippen LogP contribution >= 0.6 is 0 Å². The molecular weight excluding hydrogens is 681 g/mol. The summed E-state index contributed by atoms with van der Waals surface area (Å²) in [4.78, 5) is 46.3. The largest absolute Gasteiger partial charge is 0.408 e. The van der Waals surface area contributed by atoms with Crippen molar-refractivity contribution in [2.75, 3.05) is 25.9 Å². The fourth-order valence-corrected chi connectivity index (χ4v) is 13.9. The molecule has 8 atom stereocenters. The van der Waals surface area contributed by atoms with Crippen LogP contribution in [0.25, 0.3) is 11.2 Å². The Morgan fingerprint density at radius 3 is 2.14 bits per heavy atom. The fraction of sp³-hybridized carbons (Fsp3) is 0.639. The SMILES string of the molecule is CC[Si](CC)(CC)OC1[C@@H](O[Si](CC)(CC)CC)[C@@H](CN2CC2C(=O)N2C(=O)N(C)[C@H](C)[C@@H]2c2ccccc2)O[C@H]1n1cnc2c(N)ncnc21. The zero-order valence-electron chi connectivity index (χ0n) is 31.5. The molecule has 3 amide bonds. The van der Waals surface area contributed by atoms with E-state index in [1.807, 2.05) is 41.8 Å². The molecule has 15 heteroatoms.